The van der Waals surface area contributed by atoms with Crippen molar-refractivity contribution in [3.8, 4) is 0 Å². The Morgan fingerprint density at radius 3 is 2.36 bits per heavy atom. The van der Waals surface area contributed by atoms with E-state index in [4.69, 9.17) is 0 Å². The van der Waals surface area contributed by atoms with Crippen molar-refractivity contribution in [1.29, 1.82) is 0 Å². The molecule has 33 heavy (non-hydrogen) atoms. The Balaban J connectivity index is 1.70. The van der Waals surface area contributed by atoms with Gasteiger partial charge in [0.2, 0.25) is 11.8 Å². The summed E-state index contributed by atoms with van der Waals surface area (Å²) >= 11 is 0. The molecule has 2 heterocycles. The fourth-order valence-electron chi connectivity index (χ4n) is 5.03. The van der Waals surface area contributed by atoms with Crippen LogP contribution in [0, 0.1) is 0 Å². The number of rotatable bonds is 7. The Hall–Kier alpha value is -3.03. The van der Waals surface area contributed by atoms with E-state index in [2.05, 4.69) is 20.9 Å². The molecule has 0 saturated carbocycles. The summed E-state index contributed by atoms with van der Waals surface area (Å²) in [5.74, 6) is -0.183. The summed E-state index contributed by atoms with van der Waals surface area (Å²) in [5, 5.41) is 9.25. The zero-order valence-electron chi connectivity index (χ0n) is 19.4. The molecule has 0 bridgehead atoms. The molecule has 1 saturated heterocycles. The van der Waals surface area contributed by atoms with E-state index in [0.29, 0.717) is 17.9 Å². The van der Waals surface area contributed by atoms with Crippen molar-refractivity contribution in [1.82, 2.24) is 10.2 Å². The van der Waals surface area contributed by atoms with Crippen molar-refractivity contribution in [3.05, 3.63) is 59.2 Å². The number of carbonyl (C=O) groups excluding carboxylic acids is 3. The number of hydrogen-bond acceptors (Lipinski definition) is 5. The first-order valence-corrected chi connectivity index (χ1v) is 11.6. The third-order valence-corrected chi connectivity index (χ3v) is 6.46. The van der Waals surface area contributed by atoms with Gasteiger partial charge in [0.1, 0.15) is 5.54 Å². The lowest BCUT2D eigenvalue weighted by Gasteiger charge is -2.42. The molecule has 7 nitrogen and oxygen atoms in total. The smallest absolute Gasteiger partial charge is 0.221 e. The van der Waals surface area contributed by atoms with Crippen LogP contribution in [-0.4, -0.2) is 48.7 Å². The van der Waals surface area contributed by atoms with Crippen LogP contribution in [0.1, 0.15) is 43.4 Å². The molecule has 1 fully saturated rings. The number of anilines is 2. The fourth-order valence-corrected chi connectivity index (χ4v) is 5.03. The zero-order chi connectivity index (χ0) is 23.4. The van der Waals surface area contributed by atoms with Gasteiger partial charge in [0.25, 0.3) is 0 Å². The monoisotopic (exact) mass is 448 g/mol. The lowest BCUT2D eigenvalue weighted by Crippen LogP contribution is -2.59. The number of nitrogens with zero attached hydrogens (tertiary/aromatic N) is 1. The quantitative estimate of drug-likeness (QED) is 0.606. The fraction of sp³-hybridized carbons (Fsp3) is 0.423. The standard InChI is InChI=1S/C26H32N4O3/c1-18(31)28-22-7-5-6-20(14-22)15-25(33)26(17-30-12-3-4-13-30)24-16-23(29-19(2)32)9-8-21(24)10-11-27-26/h5-9,14,16,27H,3-4,10-13,15,17H2,1-2H3,(H,28,31)(H,29,32). The summed E-state index contributed by atoms with van der Waals surface area (Å²) < 4.78 is 0. The third kappa shape index (κ3) is 5.31. The first-order valence-electron chi connectivity index (χ1n) is 11.6. The molecule has 0 aliphatic carbocycles. The summed E-state index contributed by atoms with van der Waals surface area (Å²) in [6.07, 6.45) is 3.37. The molecular weight excluding hydrogens is 416 g/mol. The Kier molecular flexibility index (Phi) is 6.91. The zero-order valence-corrected chi connectivity index (χ0v) is 19.4. The highest BCUT2D eigenvalue weighted by Gasteiger charge is 2.44. The molecule has 2 aromatic rings. The second-order valence-electron chi connectivity index (χ2n) is 9.10. The lowest BCUT2D eigenvalue weighted by atomic mass is 9.76. The van der Waals surface area contributed by atoms with Crippen molar-refractivity contribution in [2.45, 2.75) is 45.1 Å². The van der Waals surface area contributed by atoms with Gasteiger partial charge in [0.05, 0.1) is 0 Å². The van der Waals surface area contributed by atoms with Gasteiger partial charge >= 0.3 is 0 Å². The maximum Gasteiger partial charge on any atom is 0.221 e. The highest BCUT2D eigenvalue weighted by molar-refractivity contribution is 5.94. The van der Waals surface area contributed by atoms with Crippen LogP contribution in [0.15, 0.2) is 42.5 Å². The molecule has 7 heteroatoms. The summed E-state index contributed by atoms with van der Waals surface area (Å²) in [6, 6.07) is 13.4. The highest BCUT2D eigenvalue weighted by atomic mass is 16.2. The van der Waals surface area contributed by atoms with E-state index in [9.17, 15) is 14.4 Å². The van der Waals surface area contributed by atoms with Crippen molar-refractivity contribution >= 4 is 29.0 Å². The van der Waals surface area contributed by atoms with E-state index in [1.54, 1.807) is 0 Å². The number of likely N-dealkylation sites (tertiary alicyclic amines) is 1. The first kappa shape index (κ1) is 23.1. The van der Waals surface area contributed by atoms with Crippen LogP contribution in [0.5, 0.6) is 0 Å². The van der Waals surface area contributed by atoms with Crippen LogP contribution >= 0.6 is 0 Å². The van der Waals surface area contributed by atoms with E-state index in [1.807, 2.05) is 42.5 Å². The molecule has 2 aromatic carbocycles. The van der Waals surface area contributed by atoms with Crippen molar-refractivity contribution in [2.24, 2.45) is 0 Å². The first-order chi connectivity index (χ1) is 15.9. The van der Waals surface area contributed by atoms with Crippen LogP contribution in [0.25, 0.3) is 0 Å². The number of carbonyl (C=O) groups is 3. The molecule has 0 radical (unpaired) electrons. The summed E-state index contributed by atoms with van der Waals surface area (Å²) in [6.45, 7) is 6.25. The minimum Gasteiger partial charge on any atom is -0.326 e. The van der Waals surface area contributed by atoms with Gasteiger partial charge in [-0.2, -0.15) is 0 Å². The minimum atomic E-state index is -0.851. The molecule has 1 atom stereocenters. The number of nitrogens with one attached hydrogen (secondary N) is 3. The predicted molar refractivity (Wildman–Crippen MR) is 129 cm³/mol. The van der Waals surface area contributed by atoms with Gasteiger partial charge in [-0.05, 0) is 73.3 Å². The lowest BCUT2D eigenvalue weighted by molar-refractivity contribution is -0.126. The molecule has 2 amide bonds. The van der Waals surface area contributed by atoms with Gasteiger partial charge in [0.15, 0.2) is 5.78 Å². The molecule has 4 rings (SSSR count). The van der Waals surface area contributed by atoms with Crippen LogP contribution in [0.2, 0.25) is 0 Å². The van der Waals surface area contributed by atoms with E-state index in [0.717, 1.165) is 55.6 Å². The number of hydrogen-bond donors (Lipinski definition) is 3. The highest BCUT2D eigenvalue weighted by Crippen LogP contribution is 2.35. The molecule has 0 aromatic heterocycles. The molecular formula is C26H32N4O3. The Morgan fingerprint density at radius 2 is 1.67 bits per heavy atom. The van der Waals surface area contributed by atoms with Crippen LogP contribution in [-0.2, 0) is 32.8 Å². The summed E-state index contributed by atoms with van der Waals surface area (Å²) in [5.41, 5.74) is 3.50. The van der Waals surface area contributed by atoms with Gasteiger partial charge in [-0.3, -0.25) is 19.7 Å². The number of fused-ring (bicyclic) bond motifs is 1. The van der Waals surface area contributed by atoms with E-state index >= 15 is 0 Å². The predicted octanol–water partition coefficient (Wildman–Crippen LogP) is 2.85. The number of Topliss-reactive ketones (excluding diaryl/α,β-unsaturated/α-hetero) is 1. The summed E-state index contributed by atoms with van der Waals surface area (Å²) in [7, 11) is 0. The SMILES string of the molecule is CC(=O)Nc1cccc(CC(=O)C2(CN3CCCC3)NCCc3ccc(NC(C)=O)cc32)c1. The largest absolute Gasteiger partial charge is 0.326 e. The molecule has 0 spiro atoms. The van der Waals surface area contributed by atoms with E-state index in [-0.39, 0.29) is 24.0 Å². The Bertz CT molecular complexity index is 1060. The average molecular weight is 449 g/mol. The topological polar surface area (TPSA) is 90.5 Å². The maximum atomic E-state index is 14.0. The van der Waals surface area contributed by atoms with Gasteiger partial charge < -0.3 is 15.5 Å². The maximum absolute atomic E-state index is 14.0. The Labute approximate surface area is 194 Å². The van der Waals surface area contributed by atoms with Gasteiger partial charge in [-0.15, -0.1) is 0 Å². The van der Waals surface area contributed by atoms with Crippen molar-refractivity contribution in [3.63, 3.8) is 0 Å². The van der Waals surface area contributed by atoms with Gasteiger partial charge in [0, 0.05) is 44.7 Å². The van der Waals surface area contributed by atoms with E-state index in [1.165, 1.54) is 13.8 Å². The average Bonchev–Trinajstić information content (AvgIpc) is 3.26. The molecule has 3 N–H and O–H groups in total. The number of ketones is 1. The van der Waals surface area contributed by atoms with Crippen LogP contribution in [0.4, 0.5) is 11.4 Å². The second kappa shape index (κ2) is 9.85. The molecule has 2 aliphatic heterocycles. The third-order valence-electron chi connectivity index (χ3n) is 6.46. The second-order valence-corrected chi connectivity index (χ2v) is 9.10. The molecule has 174 valence electrons. The van der Waals surface area contributed by atoms with Gasteiger partial charge in [-0.1, -0.05) is 18.2 Å². The summed E-state index contributed by atoms with van der Waals surface area (Å²) in [4.78, 5) is 39.5. The van der Waals surface area contributed by atoms with Crippen LogP contribution in [0.3, 0.4) is 0 Å². The molecule has 1 unspecified atom stereocenters. The van der Waals surface area contributed by atoms with Crippen LogP contribution < -0.4 is 16.0 Å². The number of benzene rings is 2. The van der Waals surface area contributed by atoms with Crippen molar-refractivity contribution in [2.75, 3.05) is 36.8 Å². The van der Waals surface area contributed by atoms with Crippen molar-refractivity contribution < 1.29 is 14.4 Å². The van der Waals surface area contributed by atoms with E-state index < -0.39 is 5.54 Å². The minimum absolute atomic E-state index is 0.0929. The molecule has 2 aliphatic rings. The normalized spacial score (nSPS) is 20.2. The van der Waals surface area contributed by atoms with Gasteiger partial charge in [-0.25, -0.2) is 0 Å². The number of amides is 2. The Morgan fingerprint density at radius 1 is 0.970 bits per heavy atom.